The van der Waals surface area contributed by atoms with Crippen molar-refractivity contribution < 1.29 is 0 Å². The van der Waals surface area contributed by atoms with Crippen LogP contribution in [0.4, 0.5) is 0 Å². The highest BCUT2D eigenvalue weighted by atomic mass is 32.1. The van der Waals surface area contributed by atoms with Crippen molar-refractivity contribution in [1.29, 1.82) is 0 Å². The molecule has 0 amide bonds. The number of aromatic nitrogens is 2. The zero-order chi connectivity index (χ0) is 10.9. The Morgan fingerprint density at radius 3 is 2.60 bits per heavy atom. The van der Waals surface area contributed by atoms with Crippen LogP contribution in [-0.4, -0.2) is 15.7 Å². The lowest BCUT2D eigenvalue weighted by Gasteiger charge is -2.22. The predicted octanol–water partition coefficient (Wildman–Crippen LogP) is 2.69. The number of nitrogens with one attached hydrogen (secondary N) is 1. The van der Waals surface area contributed by atoms with E-state index in [4.69, 9.17) is 0 Å². The highest BCUT2D eigenvalue weighted by molar-refractivity contribution is 7.11. The van der Waals surface area contributed by atoms with Crippen molar-refractivity contribution in [2.45, 2.75) is 58.0 Å². The standard InChI is InChI=1S/C11H19N3S/c1-11(2,3)12-7-9-13-14-10(15-9)8-5-4-6-8/h8,12H,4-7H2,1-3H3. The van der Waals surface area contributed by atoms with Crippen LogP contribution in [0.5, 0.6) is 0 Å². The summed E-state index contributed by atoms with van der Waals surface area (Å²) in [5.74, 6) is 0.714. The van der Waals surface area contributed by atoms with E-state index in [1.165, 1.54) is 24.3 Å². The van der Waals surface area contributed by atoms with Crippen LogP contribution in [0, 0.1) is 0 Å². The SMILES string of the molecule is CC(C)(C)NCc1nnc(C2CCC2)s1. The monoisotopic (exact) mass is 225 g/mol. The van der Waals surface area contributed by atoms with Gasteiger partial charge in [-0.3, -0.25) is 0 Å². The Bertz CT molecular complexity index is 323. The van der Waals surface area contributed by atoms with Gasteiger partial charge in [-0.15, -0.1) is 10.2 Å². The Morgan fingerprint density at radius 1 is 1.33 bits per heavy atom. The smallest absolute Gasteiger partial charge is 0.131 e. The minimum absolute atomic E-state index is 0.155. The van der Waals surface area contributed by atoms with E-state index in [0.717, 1.165) is 11.6 Å². The molecule has 0 spiro atoms. The molecule has 4 heteroatoms. The van der Waals surface area contributed by atoms with Gasteiger partial charge in [0.2, 0.25) is 0 Å². The van der Waals surface area contributed by atoms with Gasteiger partial charge in [-0.25, -0.2) is 0 Å². The van der Waals surface area contributed by atoms with E-state index < -0.39 is 0 Å². The molecule has 0 atom stereocenters. The summed E-state index contributed by atoms with van der Waals surface area (Å²) < 4.78 is 0. The van der Waals surface area contributed by atoms with E-state index in [0.29, 0.717) is 5.92 Å². The molecule has 1 aromatic rings. The van der Waals surface area contributed by atoms with E-state index in [9.17, 15) is 0 Å². The van der Waals surface area contributed by atoms with Crippen molar-refractivity contribution in [2.75, 3.05) is 0 Å². The summed E-state index contributed by atoms with van der Waals surface area (Å²) in [7, 11) is 0. The molecular formula is C11H19N3S. The van der Waals surface area contributed by atoms with Crippen LogP contribution in [0.3, 0.4) is 0 Å². The molecule has 15 heavy (non-hydrogen) atoms. The number of hydrogen-bond donors (Lipinski definition) is 1. The van der Waals surface area contributed by atoms with Gasteiger partial charge < -0.3 is 5.32 Å². The van der Waals surface area contributed by atoms with E-state index in [1.807, 2.05) is 0 Å². The lowest BCUT2D eigenvalue weighted by Crippen LogP contribution is -2.35. The average molecular weight is 225 g/mol. The molecule has 1 heterocycles. The molecule has 1 aliphatic rings. The van der Waals surface area contributed by atoms with Crippen LogP contribution in [0.25, 0.3) is 0 Å². The fourth-order valence-electron chi connectivity index (χ4n) is 1.50. The topological polar surface area (TPSA) is 37.8 Å². The molecule has 2 rings (SSSR count). The van der Waals surface area contributed by atoms with Crippen LogP contribution in [0.1, 0.15) is 56.0 Å². The van der Waals surface area contributed by atoms with Crippen molar-refractivity contribution >= 4 is 11.3 Å². The number of nitrogens with zero attached hydrogens (tertiary/aromatic N) is 2. The van der Waals surface area contributed by atoms with E-state index >= 15 is 0 Å². The van der Waals surface area contributed by atoms with Gasteiger partial charge in [-0.1, -0.05) is 17.8 Å². The maximum Gasteiger partial charge on any atom is 0.131 e. The molecule has 0 unspecified atom stereocenters. The first-order valence-corrected chi connectivity index (χ1v) is 6.43. The second-order valence-electron chi connectivity index (χ2n) is 5.27. The quantitative estimate of drug-likeness (QED) is 0.859. The Hall–Kier alpha value is -0.480. The zero-order valence-electron chi connectivity index (χ0n) is 9.71. The molecule has 1 fully saturated rings. The highest BCUT2D eigenvalue weighted by Crippen LogP contribution is 2.37. The van der Waals surface area contributed by atoms with Crippen LogP contribution >= 0.6 is 11.3 Å². The van der Waals surface area contributed by atoms with Crippen LogP contribution in [-0.2, 0) is 6.54 Å². The Labute approximate surface area is 95.3 Å². The van der Waals surface area contributed by atoms with Crippen molar-refractivity contribution in [2.24, 2.45) is 0 Å². The maximum absolute atomic E-state index is 4.27. The summed E-state index contributed by atoms with van der Waals surface area (Å²) >= 11 is 1.77. The van der Waals surface area contributed by atoms with E-state index in [2.05, 4.69) is 36.3 Å². The fourth-order valence-corrected chi connectivity index (χ4v) is 2.45. The van der Waals surface area contributed by atoms with E-state index in [1.54, 1.807) is 11.3 Å². The summed E-state index contributed by atoms with van der Waals surface area (Å²) in [6, 6.07) is 0. The minimum atomic E-state index is 0.155. The van der Waals surface area contributed by atoms with Crippen LogP contribution in [0.15, 0.2) is 0 Å². The van der Waals surface area contributed by atoms with E-state index in [-0.39, 0.29) is 5.54 Å². The number of hydrogen-bond acceptors (Lipinski definition) is 4. The van der Waals surface area contributed by atoms with Gasteiger partial charge in [0, 0.05) is 11.5 Å². The lowest BCUT2D eigenvalue weighted by atomic mass is 9.86. The van der Waals surface area contributed by atoms with Crippen molar-refractivity contribution in [3.05, 3.63) is 10.0 Å². The molecule has 3 nitrogen and oxygen atoms in total. The Morgan fingerprint density at radius 2 is 2.07 bits per heavy atom. The molecule has 0 saturated heterocycles. The first-order chi connectivity index (χ1) is 7.04. The molecular weight excluding hydrogens is 206 g/mol. The first kappa shape index (κ1) is 11.0. The van der Waals surface area contributed by atoms with Crippen molar-refractivity contribution in [3.8, 4) is 0 Å². The molecule has 0 aromatic carbocycles. The third-order valence-electron chi connectivity index (χ3n) is 2.71. The fraction of sp³-hybridized carbons (Fsp3) is 0.818. The third kappa shape index (κ3) is 2.98. The van der Waals surface area contributed by atoms with Gasteiger partial charge >= 0.3 is 0 Å². The van der Waals surface area contributed by atoms with Crippen LogP contribution in [0.2, 0.25) is 0 Å². The zero-order valence-corrected chi connectivity index (χ0v) is 10.5. The summed E-state index contributed by atoms with van der Waals surface area (Å²) in [5, 5.41) is 14.3. The summed E-state index contributed by atoms with van der Waals surface area (Å²) in [6.45, 7) is 7.34. The predicted molar refractivity (Wildman–Crippen MR) is 63.1 cm³/mol. The second kappa shape index (κ2) is 4.18. The Kier molecular flexibility index (Phi) is 3.07. The molecule has 1 N–H and O–H groups in total. The van der Waals surface area contributed by atoms with Gasteiger partial charge in [0.1, 0.15) is 10.0 Å². The normalized spacial score (nSPS) is 17.8. The summed E-state index contributed by atoms with van der Waals surface area (Å²) in [6.07, 6.45) is 3.97. The van der Waals surface area contributed by atoms with Crippen LogP contribution < -0.4 is 5.32 Å². The second-order valence-corrected chi connectivity index (χ2v) is 6.36. The molecule has 84 valence electrons. The molecule has 0 aliphatic heterocycles. The van der Waals surface area contributed by atoms with Gasteiger partial charge in [-0.05, 0) is 33.6 Å². The number of rotatable bonds is 3. The highest BCUT2D eigenvalue weighted by Gasteiger charge is 2.23. The molecule has 1 saturated carbocycles. The average Bonchev–Trinajstić information content (AvgIpc) is 2.45. The third-order valence-corrected chi connectivity index (χ3v) is 3.79. The molecule has 1 aliphatic carbocycles. The van der Waals surface area contributed by atoms with Gasteiger partial charge in [0.25, 0.3) is 0 Å². The molecule has 0 bridgehead atoms. The largest absolute Gasteiger partial charge is 0.306 e. The summed E-state index contributed by atoms with van der Waals surface area (Å²) in [5.41, 5.74) is 0.155. The Balaban J connectivity index is 1.89. The van der Waals surface area contributed by atoms with Crippen molar-refractivity contribution in [1.82, 2.24) is 15.5 Å². The lowest BCUT2D eigenvalue weighted by molar-refractivity contribution is 0.415. The minimum Gasteiger partial charge on any atom is -0.306 e. The van der Waals surface area contributed by atoms with Gasteiger partial charge in [-0.2, -0.15) is 0 Å². The van der Waals surface area contributed by atoms with Gasteiger partial charge in [0.15, 0.2) is 0 Å². The van der Waals surface area contributed by atoms with Crippen molar-refractivity contribution in [3.63, 3.8) is 0 Å². The molecule has 1 aromatic heterocycles. The summed E-state index contributed by atoms with van der Waals surface area (Å²) in [4.78, 5) is 0. The first-order valence-electron chi connectivity index (χ1n) is 5.62. The molecule has 0 radical (unpaired) electrons. The van der Waals surface area contributed by atoms with Gasteiger partial charge in [0.05, 0.1) is 6.54 Å². The maximum atomic E-state index is 4.27.